The molecule has 0 saturated carbocycles. The number of aliphatic hydroxyl groups excluding tert-OH is 1. The van der Waals surface area contributed by atoms with Gasteiger partial charge in [-0.25, -0.2) is 4.98 Å². The normalized spacial score (nSPS) is 13.2. The van der Waals surface area contributed by atoms with Gasteiger partial charge in [0.15, 0.2) is 0 Å². The molecule has 0 bridgehead atoms. The molecule has 1 atom stereocenters. The summed E-state index contributed by atoms with van der Waals surface area (Å²) in [6, 6.07) is 0. The summed E-state index contributed by atoms with van der Waals surface area (Å²) in [4.78, 5) is 4.13. The Balaban J connectivity index is 2.44. The van der Waals surface area contributed by atoms with Crippen LogP contribution in [0.5, 0.6) is 0 Å². The third-order valence-electron chi connectivity index (χ3n) is 2.17. The predicted octanol–water partition coefficient (Wildman–Crippen LogP) is 1.00. The minimum absolute atomic E-state index is 0.206. The maximum Gasteiger partial charge on any atom is 0.138 e. The van der Waals surface area contributed by atoms with Crippen molar-refractivity contribution in [2.24, 2.45) is 0 Å². The molecule has 0 aliphatic rings. The molecule has 0 aliphatic heterocycles. The van der Waals surface area contributed by atoms with Gasteiger partial charge >= 0.3 is 0 Å². The SMILES string of the molecule is CCC(O)CCc1ncnn1CC. The van der Waals surface area contributed by atoms with Crippen molar-refractivity contribution in [1.82, 2.24) is 14.8 Å². The summed E-state index contributed by atoms with van der Waals surface area (Å²) >= 11 is 0. The van der Waals surface area contributed by atoms with Crippen LogP contribution < -0.4 is 0 Å². The summed E-state index contributed by atoms with van der Waals surface area (Å²) in [5.41, 5.74) is 0. The van der Waals surface area contributed by atoms with Crippen molar-refractivity contribution < 1.29 is 5.11 Å². The van der Waals surface area contributed by atoms with Gasteiger partial charge in [0.05, 0.1) is 6.10 Å². The number of hydrogen-bond acceptors (Lipinski definition) is 3. The Morgan fingerprint density at radius 1 is 1.54 bits per heavy atom. The fourth-order valence-electron chi connectivity index (χ4n) is 1.25. The first kappa shape index (κ1) is 10.2. The zero-order valence-corrected chi connectivity index (χ0v) is 8.27. The Morgan fingerprint density at radius 3 is 2.92 bits per heavy atom. The van der Waals surface area contributed by atoms with Gasteiger partial charge in [0, 0.05) is 13.0 Å². The van der Waals surface area contributed by atoms with Crippen molar-refractivity contribution in [1.29, 1.82) is 0 Å². The lowest BCUT2D eigenvalue weighted by Gasteiger charge is -2.06. The lowest BCUT2D eigenvalue weighted by atomic mass is 10.1. The van der Waals surface area contributed by atoms with Crippen LogP contribution in [0, 0.1) is 0 Å². The van der Waals surface area contributed by atoms with Gasteiger partial charge in [-0.1, -0.05) is 6.92 Å². The lowest BCUT2D eigenvalue weighted by Crippen LogP contribution is -2.10. The average Bonchev–Trinajstić information content (AvgIpc) is 2.61. The lowest BCUT2D eigenvalue weighted by molar-refractivity contribution is 0.159. The van der Waals surface area contributed by atoms with Crippen LogP contribution in [0.3, 0.4) is 0 Å². The maximum atomic E-state index is 9.36. The molecular weight excluding hydrogens is 166 g/mol. The molecular formula is C9H17N3O. The van der Waals surface area contributed by atoms with E-state index in [4.69, 9.17) is 0 Å². The monoisotopic (exact) mass is 183 g/mol. The van der Waals surface area contributed by atoms with Crippen molar-refractivity contribution in [3.05, 3.63) is 12.2 Å². The van der Waals surface area contributed by atoms with E-state index in [9.17, 15) is 5.11 Å². The molecule has 1 aromatic heterocycles. The number of aromatic nitrogens is 3. The van der Waals surface area contributed by atoms with Crippen LogP contribution in [0.2, 0.25) is 0 Å². The second-order valence-corrected chi connectivity index (χ2v) is 3.09. The largest absolute Gasteiger partial charge is 0.393 e. The first-order valence-electron chi connectivity index (χ1n) is 4.82. The Bertz CT molecular complexity index is 247. The van der Waals surface area contributed by atoms with Crippen LogP contribution in [-0.2, 0) is 13.0 Å². The van der Waals surface area contributed by atoms with E-state index in [-0.39, 0.29) is 6.10 Å². The summed E-state index contributed by atoms with van der Waals surface area (Å²) in [5.74, 6) is 0.968. The van der Waals surface area contributed by atoms with E-state index in [1.807, 2.05) is 18.5 Å². The summed E-state index contributed by atoms with van der Waals surface area (Å²) < 4.78 is 1.86. The molecule has 4 heteroatoms. The molecule has 0 amide bonds. The Kier molecular flexibility index (Phi) is 3.89. The fourth-order valence-corrected chi connectivity index (χ4v) is 1.25. The molecule has 1 unspecified atom stereocenters. The van der Waals surface area contributed by atoms with Crippen molar-refractivity contribution in [3.63, 3.8) is 0 Å². The second-order valence-electron chi connectivity index (χ2n) is 3.09. The van der Waals surface area contributed by atoms with E-state index < -0.39 is 0 Å². The third-order valence-corrected chi connectivity index (χ3v) is 2.17. The molecule has 0 aromatic carbocycles. The molecule has 13 heavy (non-hydrogen) atoms. The van der Waals surface area contributed by atoms with Crippen LogP contribution in [-0.4, -0.2) is 26.0 Å². The molecule has 0 aliphatic carbocycles. The topological polar surface area (TPSA) is 50.9 Å². The first-order chi connectivity index (χ1) is 6.27. The van der Waals surface area contributed by atoms with E-state index in [1.54, 1.807) is 6.33 Å². The molecule has 4 nitrogen and oxygen atoms in total. The number of hydrogen-bond donors (Lipinski definition) is 1. The van der Waals surface area contributed by atoms with Gasteiger partial charge in [0.25, 0.3) is 0 Å². The van der Waals surface area contributed by atoms with Gasteiger partial charge in [-0.15, -0.1) is 0 Å². The molecule has 1 rings (SSSR count). The van der Waals surface area contributed by atoms with Gasteiger partial charge in [-0.3, -0.25) is 4.68 Å². The maximum absolute atomic E-state index is 9.36. The molecule has 74 valence electrons. The highest BCUT2D eigenvalue weighted by atomic mass is 16.3. The Labute approximate surface area is 78.6 Å². The molecule has 1 aromatic rings. The summed E-state index contributed by atoms with van der Waals surface area (Å²) in [6.45, 7) is 4.86. The average molecular weight is 183 g/mol. The van der Waals surface area contributed by atoms with Gasteiger partial charge in [-0.2, -0.15) is 5.10 Å². The number of aryl methyl sites for hydroxylation is 2. The molecule has 0 spiro atoms. The van der Waals surface area contributed by atoms with Crippen LogP contribution in [0.15, 0.2) is 6.33 Å². The summed E-state index contributed by atoms with van der Waals surface area (Å²) in [5, 5.41) is 13.4. The zero-order chi connectivity index (χ0) is 9.68. The molecule has 0 fully saturated rings. The number of aliphatic hydroxyl groups is 1. The highest BCUT2D eigenvalue weighted by Gasteiger charge is 2.05. The zero-order valence-electron chi connectivity index (χ0n) is 8.27. The standard InChI is InChI=1S/C9H17N3O/c1-3-8(13)5-6-9-10-7-11-12(9)4-2/h7-8,13H,3-6H2,1-2H3. The van der Waals surface area contributed by atoms with Crippen molar-refractivity contribution in [3.8, 4) is 0 Å². The first-order valence-corrected chi connectivity index (χ1v) is 4.82. The minimum atomic E-state index is -0.206. The van der Waals surface area contributed by atoms with Crippen LogP contribution >= 0.6 is 0 Å². The third kappa shape index (κ3) is 2.81. The minimum Gasteiger partial charge on any atom is -0.393 e. The van der Waals surface area contributed by atoms with Crippen LogP contribution in [0.1, 0.15) is 32.5 Å². The quantitative estimate of drug-likeness (QED) is 0.741. The Hall–Kier alpha value is -0.900. The Morgan fingerprint density at radius 2 is 2.31 bits per heavy atom. The van der Waals surface area contributed by atoms with E-state index in [2.05, 4.69) is 10.1 Å². The van der Waals surface area contributed by atoms with Crippen molar-refractivity contribution in [2.75, 3.05) is 0 Å². The van der Waals surface area contributed by atoms with Crippen molar-refractivity contribution >= 4 is 0 Å². The van der Waals surface area contributed by atoms with Gasteiger partial charge in [-0.05, 0) is 19.8 Å². The molecule has 1 N–H and O–H groups in total. The molecule has 0 saturated heterocycles. The number of rotatable bonds is 5. The van der Waals surface area contributed by atoms with E-state index >= 15 is 0 Å². The van der Waals surface area contributed by atoms with E-state index in [1.165, 1.54) is 0 Å². The fraction of sp³-hybridized carbons (Fsp3) is 0.778. The van der Waals surface area contributed by atoms with Gasteiger partial charge in [0.2, 0.25) is 0 Å². The highest BCUT2D eigenvalue weighted by Crippen LogP contribution is 2.04. The molecule has 1 heterocycles. The van der Waals surface area contributed by atoms with E-state index in [0.717, 1.165) is 31.6 Å². The number of nitrogens with zero attached hydrogens (tertiary/aromatic N) is 3. The molecule has 0 radical (unpaired) electrons. The second kappa shape index (κ2) is 4.97. The summed E-state index contributed by atoms with van der Waals surface area (Å²) in [6.07, 6.45) is 3.75. The van der Waals surface area contributed by atoms with Gasteiger partial charge in [0.1, 0.15) is 12.2 Å². The van der Waals surface area contributed by atoms with Crippen LogP contribution in [0.4, 0.5) is 0 Å². The smallest absolute Gasteiger partial charge is 0.138 e. The van der Waals surface area contributed by atoms with Gasteiger partial charge < -0.3 is 5.11 Å². The predicted molar refractivity (Wildman–Crippen MR) is 50.3 cm³/mol. The highest BCUT2D eigenvalue weighted by molar-refractivity contribution is 4.84. The summed E-state index contributed by atoms with van der Waals surface area (Å²) in [7, 11) is 0. The van der Waals surface area contributed by atoms with Crippen molar-refractivity contribution in [2.45, 2.75) is 45.8 Å². The van der Waals surface area contributed by atoms with Crippen LogP contribution in [0.25, 0.3) is 0 Å². The van der Waals surface area contributed by atoms with E-state index in [0.29, 0.717) is 0 Å².